The molecule has 0 saturated carbocycles. The van der Waals surface area contributed by atoms with Crippen molar-refractivity contribution in [2.24, 2.45) is 17.8 Å². The van der Waals surface area contributed by atoms with E-state index in [0.717, 1.165) is 29.8 Å². The van der Waals surface area contributed by atoms with Gasteiger partial charge >= 0.3 is 0 Å². The maximum atomic E-state index is 2.47. The van der Waals surface area contributed by atoms with Gasteiger partial charge in [-0.2, -0.15) is 0 Å². The van der Waals surface area contributed by atoms with Gasteiger partial charge in [0.1, 0.15) is 0 Å². The molecule has 0 aromatic rings. The Bertz CT molecular complexity index is 195. The molecule has 15 heavy (non-hydrogen) atoms. The van der Waals surface area contributed by atoms with Crippen LogP contribution in [0.25, 0.3) is 0 Å². The van der Waals surface area contributed by atoms with E-state index in [0.29, 0.717) is 0 Å². The largest absolute Gasteiger partial charge is 0.321 e. The second-order valence-electron chi connectivity index (χ2n) is 6.13. The number of piperidine rings is 1. The standard InChI is InChI=1S/C14H30N/c1-8-9-15(7)13(5)11(3)10(2)12(4)14(15)6/h10-14H,8-9H2,1-7H3/q+1. The lowest BCUT2D eigenvalue weighted by Gasteiger charge is -2.55. The van der Waals surface area contributed by atoms with Crippen LogP contribution < -0.4 is 0 Å². The molecule has 4 unspecified atom stereocenters. The van der Waals surface area contributed by atoms with Crippen molar-refractivity contribution in [1.29, 1.82) is 0 Å². The van der Waals surface area contributed by atoms with Crippen LogP contribution in [0.5, 0.6) is 0 Å². The molecule has 1 nitrogen and oxygen atoms in total. The van der Waals surface area contributed by atoms with Crippen molar-refractivity contribution in [3.05, 3.63) is 0 Å². The third-order valence-corrected chi connectivity index (χ3v) is 5.75. The first kappa shape index (κ1) is 13.0. The molecule has 1 heterocycles. The smallest absolute Gasteiger partial charge is 0.0890 e. The van der Waals surface area contributed by atoms with Crippen molar-refractivity contribution in [2.45, 2.75) is 60.0 Å². The summed E-state index contributed by atoms with van der Waals surface area (Å²) in [4.78, 5) is 0. The monoisotopic (exact) mass is 212 g/mol. The average molecular weight is 212 g/mol. The highest BCUT2D eigenvalue weighted by atomic mass is 15.4. The topological polar surface area (TPSA) is 0 Å². The van der Waals surface area contributed by atoms with E-state index in [9.17, 15) is 0 Å². The van der Waals surface area contributed by atoms with Crippen LogP contribution in [0.15, 0.2) is 0 Å². The molecule has 1 aliphatic heterocycles. The quantitative estimate of drug-likeness (QED) is 0.614. The van der Waals surface area contributed by atoms with Crippen LogP contribution in [0, 0.1) is 17.8 Å². The number of rotatable bonds is 2. The van der Waals surface area contributed by atoms with Gasteiger partial charge in [0.05, 0.1) is 25.7 Å². The van der Waals surface area contributed by atoms with Crippen molar-refractivity contribution >= 4 is 0 Å². The Hall–Kier alpha value is -0.0400. The molecule has 0 amide bonds. The van der Waals surface area contributed by atoms with Gasteiger partial charge in [-0.25, -0.2) is 0 Å². The summed E-state index contributed by atoms with van der Waals surface area (Å²) in [5, 5.41) is 0. The number of hydrogen-bond donors (Lipinski definition) is 0. The van der Waals surface area contributed by atoms with E-state index in [1.807, 2.05) is 0 Å². The average Bonchev–Trinajstić information content (AvgIpc) is 2.22. The van der Waals surface area contributed by atoms with Crippen molar-refractivity contribution in [3.8, 4) is 0 Å². The minimum atomic E-state index is 0.811. The first-order valence-electron chi connectivity index (χ1n) is 6.71. The van der Waals surface area contributed by atoms with Gasteiger partial charge in [0.15, 0.2) is 0 Å². The summed E-state index contributed by atoms with van der Waals surface area (Å²) in [6.07, 6.45) is 1.30. The molecule has 0 aromatic carbocycles. The van der Waals surface area contributed by atoms with Gasteiger partial charge in [-0.3, -0.25) is 0 Å². The predicted molar refractivity (Wildman–Crippen MR) is 67.8 cm³/mol. The summed E-state index contributed by atoms with van der Waals surface area (Å²) in [7, 11) is 2.47. The summed E-state index contributed by atoms with van der Waals surface area (Å²) < 4.78 is 1.28. The molecule has 0 aliphatic carbocycles. The molecular formula is C14H30N+. The van der Waals surface area contributed by atoms with Crippen molar-refractivity contribution in [3.63, 3.8) is 0 Å². The lowest BCUT2D eigenvalue weighted by atomic mass is 9.71. The van der Waals surface area contributed by atoms with E-state index in [1.165, 1.54) is 17.4 Å². The molecule has 0 N–H and O–H groups in total. The molecule has 1 saturated heterocycles. The highest BCUT2D eigenvalue weighted by Crippen LogP contribution is 2.40. The molecule has 4 atom stereocenters. The van der Waals surface area contributed by atoms with E-state index in [2.05, 4.69) is 48.6 Å². The molecule has 90 valence electrons. The van der Waals surface area contributed by atoms with Crippen molar-refractivity contribution < 1.29 is 4.48 Å². The Morgan fingerprint density at radius 2 is 1.20 bits per heavy atom. The summed E-state index contributed by atoms with van der Waals surface area (Å²) in [5.74, 6) is 2.58. The van der Waals surface area contributed by atoms with Gasteiger partial charge in [-0.1, -0.05) is 27.7 Å². The summed E-state index contributed by atoms with van der Waals surface area (Å²) in [6, 6.07) is 1.62. The predicted octanol–water partition coefficient (Wildman–Crippen LogP) is 3.54. The van der Waals surface area contributed by atoms with Crippen LogP contribution in [0.3, 0.4) is 0 Å². The number of hydrogen-bond acceptors (Lipinski definition) is 0. The van der Waals surface area contributed by atoms with E-state index in [1.54, 1.807) is 0 Å². The van der Waals surface area contributed by atoms with Crippen molar-refractivity contribution in [1.82, 2.24) is 0 Å². The van der Waals surface area contributed by atoms with Crippen LogP contribution in [-0.2, 0) is 0 Å². The lowest BCUT2D eigenvalue weighted by molar-refractivity contribution is -0.966. The minimum absolute atomic E-state index is 0.811. The molecule has 0 radical (unpaired) electrons. The van der Waals surface area contributed by atoms with Gasteiger partial charge in [0.25, 0.3) is 0 Å². The normalized spacial score (nSPS) is 51.8. The van der Waals surface area contributed by atoms with Gasteiger partial charge in [-0.15, -0.1) is 0 Å². The van der Waals surface area contributed by atoms with Gasteiger partial charge in [0, 0.05) is 11.8 Å². The van der Waals surface area contributed by atoms with Crippen LogP contribution in [-0.4, -0.2) is 30.2 Å². The highest BCUT2D eigenvalue weighted by Gasteiger charge is 2.48. The van der Waals surface area contributed by atoms with Crippen LogP contribution in [0.2, 0.25) is 0 Å². The second kappa shape index (κ2) is 4.45. The van der Waals surface area contributed by atoms with E-state index >= 15 is 0 Å². The Labute approximate surface area is 96.4 Å². The third kappa shape index (κ3) is 1.95. The summed E-state index contributed by atoms with van der Waals surface area (Å²) in [6.45, 7) is 15.9. The van der Waals surface area contributed by atoms with Crippen LogP contribution in [0.4, 0.5) is 0 Å². The SMILES string of the molecule is CCC[N+]1(C)C(C)C(C)C(C)C(C)C1C. The molecule has 0 bridgehead atoms. The Morgan fingerprint density at radius 1 is 0.800 bits per heavy atom. The fourth-order valence-corrected chi connectivity index (χ4v) is 3.69. The molecule has 0 spiro atoms. The first-order valence-corrected chi connectivity index (χ1v) is 6.71. The highest BCUT2D eigenvalue weighted by molar-refractivity contribution is 4.83. The molecule has 1 rings (SSSR count). The molecule has 0 aromatic heterocycles. The zero-order valence-corrected chi connectivity index (χ0v) is 11.7. The molecular weight excluding hydrogens is 182 g/mol. The second-order valence-corrected chi connectivity index (χ2v) is 6.13. The maximum Gasteiger partial charge on any atom is 0.0890 e. The number of nitrogens with zero attached hydrogens (tertiary/aromatic N) is 1. The van der Waals surface area contributed by atoms with Gasteiger partial charge in [0.2, 0.25) is 0 Å². The summed E-state index contributed by atoms with van der Waals surface area (Å²) in [5.41, 5.74) is 0. The lowest BCUT2D eigenvalue weighted by Crippen LogP contribution is -2.66. The Morgan fingerprint density at radius 3 is 1.53 bits per heavy atom. The third-order valence-electron chi connectivity index (χ3n) is 5.75. The van der Waals surface area contributed by atoms with Gasteiger partial charge in [-0.05, 0) is 26.2 Å². The summed E-state index contributed by atoms with van der Waals surface area (Å²) >= 11 is 0. The van der Waals surface area contributed by atoms with Crippen molar-refractivity contribution in [2.75, 3.05) is 13.6 Å². The van der Waals surface area contributed by atoms with E-state index in [4.69, 9.17) is 0 Å². The van der Waals surface area contributed by atoms with E-state index < -0.39 is 0 Å². The molecule has 1 fully saturated rings. The number of quaternary nitrogens is 1. The molecule has 1 heteroatoms. The number of likely N-dealkylation sites (tertiary alicyclic amines) is 1. The zero-order valence-electron chi connectivity index (χ0n) is 11.7. The van der Waals surface area contributed by atoms with Crippen LogP contribution >= 0.6 is 0 Å². The maximum absolute atomic E-state index is 2.47. The molecule has 1 aliphatic rings. The fourth-order valence-electron chi connectivity index (χ4n) is 3.69. The Balaban J connectivity index is 2.95. The van der Waals surface area contributed by atoms with Crippen LogP contribution in [0.1, 0.15) is 48.0 Å². The van der Waals surface area contributed by atoms with E-state index in [-0.39, 0.29) is 0 Å². The fraction of sp³-hybridized carbons (Fsp3) is 1.00. The van der Waals surface area contributed by atoms with Gasteiger partial charge < -0.3 is 4.48 Å². The first-order chi connectivity index (χ1) is 6.86. The zero-order chi connectivity index (χ0) is 11.8. The minimum Gasteiger partial charge on any atom is -0.321 e. The Kier molecular flexibility index (Phi) is 3.86.